The standard InChI is InChI=1S/C17H22N4O2/c1-13-19-20-16-10-14(12-21(13)16)11-18-17(22)8-5-9-23-15-6-3-2-4-7-15/h2-4,6-7,14H,5,8-12H2,1H3,(H,18,22). The maximum Gasteiger partial charge on any atom is 0.220 e. The van der Waals surface area contributed by atoms with Gasteiger partial charge >= 0.3 is 0 Å². The van der Waals surface area contributed by atoms with Crippen LogP contribution in [0.1, 0.15) is 24.5 Å². The van der Waals surface area contributed by atoms with Gasteiger partial charge in [0.2, 0.25) is 5.91 Å². The molecule has 1 aromatic heterocycles. The number of nitrogens with one attached hydrogen (secondary N) is 1. The van der Waals surface area contributed by atoms with Gasteiger partial charge in [0, 0.05) is 31.8 Å². The van der Waals surface area contributed by atoms with E-state index < -0.39 is 0 Å². The van der Waals surface area contributed by atoms with Gasteiger partial charge < -0.3 is 14.6 Å². The number of aromatic nitrogens is 3. The average molecular weight is 314 g/mol. The second-order valence-corrected chi connectivity index (χ2v) is 5.91. The molecule has 0 bridgehead atoms. The van der Waals surface area contributed by atoms with Crippen LogP contribution in [0.4, 0.5) is 0 Å². The lowest BCUT2D eigenvalue weighted by Crippen LogP contribution is -2.30. The molecule has 0 fully saturated rings. The second kappa shape index (κ2) is 7.26. The van der Waals surface area contributed by atoms with Gasteiger partial charge in [-0.25, -0.2) is 0 Å². The number of carbonyl (C=O) groups is 1. The molecule has 0 spiro atoms. The molecule has 0 radical (unpaired) electrons. The summed E-state index contributed by atoms with van der Waals surface area (Å²) < 4.78 is 7.71. The summed E-state index contributed by atoms with van der Waals surface area (Å²) in [6.45, 7) is 4.11. The minimum absolute atomic E-state index is 0.0843. The van der Waals surface area contributed by atoms with Crippen molar-refractivity contribution in [2.75, 3.05) is 13.2 Å². The molecule has 2 heterocycles. The van der Waals surface area contributed by atoms with E-state index in [1.807, 2.05) is 37.3 Å². The predicted octanol–water partition coefficient (Wildman–Crippen LogP) is 1.73. The first-order valence-corrected chi connectivity index (χ1v) is 8.05. The topological polar surface area (TPSA) is 69.0 Å². The number of rotatable bonds is 7. The van der Waals surface area contributed by atoms with Crippen molar-refractivity contribution >= 4 is 5.91 Å². The monoisotopic (exact) mass is 314 g/mol. The summed E-state index contributed by atoms with van der Waals surface area (Å²) in [4.78, 5) is 11.9. The molecule has 1 unspecified atom stereocenters. The van der Waals surface area contributed by atoms with Crippen LogP contribution in [0.5, 0.6) is 5.75 Å². The fourth-order valence-electron chi connectivity index (χ4n) is 2.82. The van der Waals surface area contributed by atoms with Crippen molar-refractivity contribution in [3.05, 3.63) is 42.0 Å². The van der Waals surface area contributed by atoms with E-state index in [2.05, 4.69) is 20.1 Å². The van der Waals surface area contributed by atoms with E-state index in [4.69, 9.17) is 4.74 Å². The molecular formula is C17H22N4O2. The van der Waals surface area contributed by atoms with Crippen LogP contribution in [0.3, 0.4) is 0 Å². The summed E-state index contributed by atoms with van der Waals surface area (Å²) in [7, 11) is 0. The summed E-state index contributed by atoms with van der Waals surface area (Å²) in [6, 6.07) is 9.66. The van der Waals surface area contributed by atoms with Crippen molar-refractivity contribution in [3.8, 4) is 5.75 Å². The smallest absolute Gasteiger partial charge is 0.220 e. The van der Waals surface area contributed by atoms with Crippen LogP contribution in [-0.4, -0.2) is 33.8 Å². The summed E-state index contributed by atoms with van der Waals surface area (Å²) >= 11 is 0. The zero-order chi connectivity index (χ0) is 16.1. The Hall–Kier alpha value is -2.37. The molecule has 122 valence electrons. The molecule has 1 amide bonds. The van der Waals surface area contributed by atoms with Crippen LogP contribution in [-0.2, 0) is 17.8 Å². The van der Waals surface area contributed by atoms with Gasteiger partial charge in [-0.05, 0) is 25.5 Å². The Morgan fingerprint density at radius 2 is 2.17 bits per heavy atom. The maximum atomic E-state index is 11.9. The summed E-state index contributed by atoms with van der Waals surface area (Å²) in [5.41, 5.74) is 0. The van der Waals surface area contributed by atoms with Gasteiger partial charge in [0.25, 0.3) is 0 Å². The van der Waals surface area contributed by atoms with E-state index in [1.54, 1.807) is 0 Å². The van der Waals surface area contributed by atoms with E-state index in [0.29, 0.717) is 25.5 Å². The first-order chi connectivity index (χ1) is 11.2. The molecule has 1 aliphatic heterocycles. The maximum absolute atomic E-state index is 11.9. The first-order valence-electron chi connectivity index (χ1n) is 8.05. The highest BCUT2D eigenvalue weighted by molar-refractivity contribution is 5.75. The molecule has 1 aliphatic rings. The summed E-state index contributed by atoms with van der Waals surface area (Å²) in [6.07, 6.45) is 2.10. The highest BCUT2D eigenvalue weighted by Crippen LogP contribution is 2.19. The SMILES string of the molecule is Cc1nnc2n1CC(CNC(=O)CCCOc1ccccc1)C2. The summed E-state index contributed by atoms with van der Waals surface area (Å²) in [5, 5.41) is 11.2. The molecule has 1 N–H and O–H groups in total. The fourth-order valence-corrected chi connectivity index (χ4v) is 2.82. The van der Waals surface area contributed by atoms with Crippen molar-refractivity contribution in [2.45, 2.75) is 32.7 Å². The zero-order valence-corrected chi connectivity index (χ0v) is 13.4. The number of nitrogens with zero attached hydrogens (tertiary/aromatic N) is 3. The van der Waals surface area contributed by atoms with Gasteiger partial charge in [-0.2, -0.15) is 0 Å². The average Bonchev–Trinajstić information content (AvgIpc) is 3.13. The number of para-hydroxylation sites is 1. The van der Waals surface area contributed by atoms with Crippen LogP contribution in [0.15, 0.2) is 30.3 Å². The quantitative estimate of drug-likeness (QED) is 0.790. The summed E-state index contributed by atoms with van der Waals surface area (Å²) in [5.74, 6) is 3.33. The largest absolute Gasteiger partial charge is 0.494 e. The van der Waals surface area contributed by atoms with Gasteiger partial charge in [-0.15, -0.1) is 10.2 Å². The van der Waals surface area contributed by atoms with Gasteiger partial charge in [0.15, 0.2) is 0 Å². The zero-order valence-electron chi connectivity index (χ0n) is 13.4. The van der Waals surface area contributed by atoms with Crippen molar-refractivity contribution < 1.29 is 9.53 Å². The fraction of sp³-hybridized carbons (Fsp3) is 0.471. The Kier molecular flexibility index (Phi) is 4.90. The van der Waals surface area contributed by atoms with Crippen molar-refractivity contribution in [2.24, 2.45) is 5.92 Å². The number of carbonyl (C=O) groups excluding carboxylic acids is 1. The van der Waals surface area contributed by atoms with E-state index in [1.165, 1.54) is 0 Å². The van der Waals surface area contributed by atoms with Gasteiger partial charge in [0.1, 0.15) is 17.4 Å². The number of hydrogen-bond donors (Lipinski definition) is 1. The van der Waals surface area contributed by atoms with E-state index >= 15 is 0 Å². The number of amides is 1. The van der Waals surface area contributed by atoms with Crippen molar-refractivity contribution in [3.63, 3.8) is 0 Å². The minimum Gasteiger partial charge on any atom is -0.494 e. The Bertz CT molecular complexity index is 654. The normalized spacial score (nSPS) is 16.1. The Morgan fingerprint density at radius 3 is 2.96 bits per heavy atom. The third-order valence-corrected chi connectivity index (χ3v) is 4.07. The molecule has 6 nitrogen and oxygen atoms in total. The number of ether oxygens (including phenoxy) is 1. The highest BCUT2D eigenvalue weighted by atomic mass is 16.5. The predicted molar refractivity (Wildman–Crippen MR) is 86.1 cm³/mol. The first kappa shape index (κ1) is 15.5. The molecule has 1 aromatic carbocycles. The lowest BCUT2D eigenvalue weighted by atomic mass is 10.1. The third kappa shape index (κ3) is 4.09. The number of aryl methyl sites for hydroxylation is 1. The van der Waals surface area contributed by atoms with Gasteiger partial charge in [-0.3, -0.25) is 4.79 Å². The number of fused-ring (bicyclic) bond motifs is 1. The second-order valence-electron chi connectivity index (χ2n) is 5.91. The lowest BCUT2D eigenvalue weighted by molar-refractivity contribution is -0.121. The Labute approximate surface area is 135 Å². The Morgan fingerprint density at radius 1 is 1.35 bits per heavy atom. The van der Waals surface area contributed by atoms with Crippen LogP contribution >= 0.6 is 0 Å². The number of benzene rings is 1. The minimum atomic E-state index is 0.0843. The third-order valence-electron chi connectivity index (χ3n) is 4.07. The van der Waals surface area contributed by atoms with Crippen LogP contribution < -0.4 is 10.1 Å². The van der Waals surface area contributed by atoms with Crippen molar-refractivity contribution in [1.29, 1.82) is 0 Å². The molecule has 0 aliphatic carbocycles. The number of hydrogen-bond acceptors (Lipinski definition) is 4. The van der Waals surface area contributed by atoms with E-state index in [9.17, 15) is 4.79 Å². The molecular weight excluding hydrogens is 292 g/mol. The van der Waals surface area contributed by atoms with Crippen LogP contribution in [0, 0.1) is 12.8 Å². The van der Waals surface area contributed by atoms with E-state index in [-0.39, 0.29) is 5.91 Å². The molecule has 0 saturated heterocycles. The molecule has 1 atom stereocenters. The van der Waals surface area contributed by atoms with Crippen LogP contribution in [0.25, 0.3) is 0 Å². The van der Waals surface area contributed by atoms with Crippen molar-refractivity contribution in [1.82, 2.24) is 20.1 Å². The molecule has 0 saturated carbocycles. The molecule has 2 aromatic rings. The highest BCUT2D eigenvalue weighted by Gasteiger charge is 2.24. The molecule has 3 rings (SSSR count). The van der Waals surface area contributed by atoms with E-state index in [0.717, 1.165) is 36.8 Å². The molecule has 23 heavy (non-hydrogen) atoms. The van der Waals surface area contributed by atoms with Gasteiger partial charge in [0.05, 0.1) is 6.61 Å². The van der Waals surface area contributed by atoms with Crippen LogP contribution in [0.2, 0.25) is 0 Å². The Balaban J connectivity index is 1.30. The lowest BCUT2D eigenvalue weighted by Gasteiger charge is -2.11. The van der Waals surface area contributed by atoms with Gasteiger partial charge in [-0.1, -0.05) is 18.2 Å². The molecule has 6 heteroatoms.